The quantitative estimate of drug-likeness (QED) is 0.940. The summed E-state index contributed by atoms with van der Waals surface area (Å²) < 4.78 is 27.3. The number of hydrogen-bond acceptors (Lipinski definition) is 3. The summed E-state index contributed by atoms with van der Waals surface area (Å²) in [6, 6.07) is 13.1. The number of rotatable bonds is 3. The van der Waals surface area contributed by atoms with Gasteiger partial charge in [0.2, 0.25) is 10.0 Å². The molecule has 2 aromatic rings. The second-order valence-corrected chi connectivity index (χ2v) is 8.02. The molecule has 2 aromatic carbocycles. The molecule has 3 rings (SSSR count). The summed E-state index contributed by atoms with van der Waals surface area (Å²) in [7, 11) is -3.49. The molecule has 0 radical (unpaired) electrons. The van der Waals surface area contributed by atoms with Gasteiger partial charge >= 0.3 is 0 Å². The SMILES string of the molecule is Cc1ccc(CS(=O)(=O)N2CCC(O)c3cccc(C)c32)cc1. The molecule has 0 saturated heterocycles. The normalized spacial score (nSPS) is 17.9. The smallest absolute Gasteiger partial charge is 0.239 e. The number of aliphatic hydroxyl groups is 1. The maximum absolute atomic E-state index is 12.9. The lowest BCUT2D eigenvalue weighted by Crippen LogP contribution is -2.38. The molecule has 0 saturated carbocycles. The first kappa shape index (κ1) is 16.0. The van der Waals surface area contributed by atoms with Gasteiger partial charge in [-0.2, -0.15) is 0 Å². The van der Waals surface area contributed by atoms with Crippen LogP contribution >= 0.6 is 0 Å². The Morgan fingerprint density at radius 2 is 1.83 bits per heavy atom. The van der Waals surface area contributed by atoms with Gasteiger partial charge in [-0.15, -0.1) is 0 Å². The second kappa shape index (κ2) is 5.98. The van der Waals surface area contributed by atoms with Crippen molar-refractivity contribution < 1.29 is 13.5 Å². The third-order valence-corrected chi connectivity index (χ3v) is 6.02. The van der Waals surface area contributed by atoms with Gasteiger partial charge in [-0.25, -0.2) is 8.42 Å². The highest BCUT2D eigenvalue weighted by Gasteiger charge is 2.32. The van der Waals surface area contributed by atoms with Crippen molar-refractivity contribution >= 4 is 15.7 Å². The topological polar surface area (TPSA) is 57.6 Å². The van der Waals surface area contributed by atoms with Crippen LogP contribution in [0.25, 0.3) is 0 Å². The Morgan fingerprint density at radius 1 is 1.13 bits per heavy atom. The van der Waals surface area contributed by atoms with Gasteiger partial charge < -0.3 is 5.11 Å². The lowest BCUT2D eigenvalue weighted by molar-refractivity contribution is 0.166. The standard InChI is InChI=1S/C18H21NO3S/c1-13-6-8-15(9-7-13)12-23(21,22)19-11-10-17(20)16-5-3-4-14(2)18(16)19/h3-9,17,20H,10-12H2,1-2H3. The maximum Gasteiger partial charge on any atom is 0.239 e. The molecule has 0 fully saturated rings. The predicted molar refractivity (Wildman–Crippen MR) is 91.9 cm³/mol. The summed E-state index contributed by atoms with van der Waals surface area (Å²) in [5.41, 5.74) is 4.08. The highest BCUT2D eigenvalue weighted by Crippen LogP contribution is 2.38. The van der Waals surface area contributed by atoms with Crippen molar-refractivity contribution in [3.63, 3.8) is 0 Å². The number of fused-ring (bicyclic) bond motifs is 1. The summed E-state index contributed by atoms with van der Waals surface area (Å²) in [5, 5.41) is 10.2. The zero-order valence-corrected chi connectivity index (χ0v) is 14.2. The molecule has 5 heteroatoms. The molecule has 0 spiro atoms. The first-order valence-electron chi connectivity index (χ1n) is 7.72. The lowest BCUT2D eigenvalue weighted by Gasteiger charge is -2.34. The van der Waals surface area contributed by atoms with Crippen LogP contribution in [0, 0.1) is 13.8 Å². The zero-order chi connectivity index (χ0) is 16.6. The molecule has 1 heterocycles. The minimum atomic E-state index is -3.49. The lowest BCUT2D eigenvalue weighted by atomic mass is 9.98. The number of nitrogens with zero attached hydrogens (tertiary/aromatic N) is 1. The molecular formula is C18H21NO3S. The monoisotopic (exact) mass is 331 g/mol. The van der Waals surface area contributed by atoms with Crippen molar-refractivity contribution in [3.05, 3.63) is 64.7 Å². The average molecular weight is 331 g/mol. The van der Waals surface area contributed by atoms with E-state index < -0.39 is 16.1 Å². The first-order chi connectivity index (χ1) is 10.9. The minimum absolute atomic E-state index is 0.0306. The first-order valence-corrected chi connectivity index (χ1v) is 9.33. The van der Waals surface area contributed by atoms with E-state index in [4.69, 9.17) is 0 Å². The third-order valence-electron chi connectivity index (χ3n) is 4.29. The van der Waals surface area contributed by atoms with Crippen LogP contribution in [0.5, 0.6) is 0 Å². The van der Waals surface area contributed by atoms with Crippen LogP contribution < -0.4 is 4.31 Å². The second-order valence-electron chi connectivity index (χ2n) is 6.13. The van der Waals surface area contributed by atoms with Gasteiger partial charge in [0.1, 0.15) is 0 Å². The van der Waals surface area contributed by atoms with Crippen LogP contribution in [0.1, 0.15) is 34.8 Å². The van der Waals surface area contributed by atoms with Crippen LogP contribution in [0.4, 0.5) is 5.69 Å². The number of aryl methyl sites for hydroxylation is 2. The molecule has 1 aliphatic heterocycles. The molecule has 1 N–H and O–H groups in total. The van der Waals surface area contributed by atoms with E-state index in [1.54, 1.807) is 6.07 Å². The van der Waals surface area contributed by atoms with Gasteiger partial charge in [0.25, 0.3) is 0 Å². The maximum atomic E-state index is 12.9. The Bertz CT molecular complexity index is 813. The molecule has 4 nitrogen and oxygen atoms in total. The molecule has 122 valence electrons. The zero-order valence-electron chi connectivity index (χ0n) is 13.4. The Hall–Kier alpha value is -1.85. The number of aliphatic hydroxyl groups excluding tert-OH is 1. The van der Waals surface area contributed by atoms with Gasteiger partial charge in [0.15, 0.2) is 0 Å². The van der Waals surface area contributed by atoms with E-state index in [-0.39, 0.29) is 5.75 Å². The molecule has 1 aliphatic rings. The molecule has 1 unspecified atom stereocenters. The van der Waals surface area contributed by atoms with Gasteiger partial charge in [0.05, 0.1) is 17.5 Å². The van der Waals surface area contributed by atoms with E-state index in [2.05, 4.69) is 0 Å². The van der Waals surface area contributed by atoms with Crippen molar-refractivity contribution in [1.29, 1.82) is 0 Å². The Labute approximate surface area is 137 Å². The minimum Gasteiger partial charge on any atom is -0.388 e. The predicted octanol–water partition coefficient (Wildman–Crippen LogP) is 3.08. The molecule has 1 atom stereocenters. The highest BCUT2D eigenvalue weighted by atomic mass is 32.2. The van der Waals surface area contributed by atoms with E-state index in [0.717, 1.165) is 16.7 Å². The van der Waals surface area contributed by atoms with Crippen LogP contribution in [-0.4, -0.2) is 20.1 Å². The summed E-state index contributed by atoms with van der Waals surface area (Å²) in [5.74, 6) is -0.0306. The molecule has 0 bridgehead atoms. The van der Waals surface area contributed by atoms with Crippen molar-refractivity contribution in [1.82, 2.24) is 0 Å². The fraction of sp³-hybridized carbons (Fsp3) is 0.333. The number of sulfonamides is 1. The van der Waals surface area contributed by atoms with E-state index in [1.807, 2.05) is 50.2 Å². The summed E-state index contributed by atoms with van der Waals surface area (Å²) in [6.45, 7) is 4.17. The van der Waals surface area contributed by atoms with Crippen molar-refractivity contribution in [2.45, 2.75) is 32.1 Å². The van der Waals surface area contributed by atoms with Crippen LogP contribution in [-0.2, 0) is 15.8 Å². The summed E-state index contributed by atoms with van der Waals surface area (Å²) in [4.78, 5) is 0. The van der Waals surface area contributed by atoms with Crippen LogP contribution in [0.15, 0.2) is 42.5 Å². The molecular weight excluding hydrogens is 310 g/mol. The van der Waals surface area contributed by atoms with E-state index in [0.29, 0.717) is 24.2 Å². The van der Waals surface area contributed by atoms with Crippen molar-refractivity contribution in [2.75, 3.05) is 10.8 Å². The number of anilines is 1. The Balaban J connectivity index is 1.98. The van der Waals surface area contributed by atoms with Crippen molar-refractivity contribution in [2.24, 2.45) is 0 Å². The fourth-order valence-corrected chi connectivity index (χ4v) is 4.73. The highest BCUT2D eigenvalue weighted by molar-refractivity contribution is 7.92. The van der Waals surface area contributed by atoms with E-state index in [9.17, 15) is 13.5 Å². The number of benzene rings is 2. The van der Waals surface area contributed by atoms with Gasteiger partial charge in [-0.05, 0) is 31.4 Å². The van der Waals surface area contributed by atoms with E-state index in [1.165, 1.54) is 4.31 Å². The summed E-state index contributed by atoms with van der Waals surface area (Å²) in [6.07, 6.45) is -0.181. The van der Waals surface area contributed by atoms with E-state index >= 15 is 0 Å². The van der Waals surface area contributed by atoms with Crippen LogP contribution in [0.3, 0.4) is 0 Å². The number of para-hydroxylation sites is 1. The molecule has 23 heavy (non-hydrogen) atoms. The fourth-order valence-electron chi connectivity index (χ4n) is 3.05. The van der Waals surface area contributed by atoms with Crippen molar-refractivity contribution in [3.8, 4) is 0 Å². The summed E-state index contributed by atoms with van der Waals surface area (Å²) >= 11 is 0. The Kier molecular flexibility index (Phi) is 4.17. The molecule has 0 amide bonds. The third kappa shape index (κ3) is 3.12. The molecule has 0 aliphatic carbocycles. The van der Waals surface area contributed by atoms with Gasteiger partial charge in [-0.3, -0.25) is 4.31 Å². The largest absolute Gasteiger partial charge is 0.388 e. The molecule has 0 aromatic heterocycles. The average Bonchev–Trinajstić information content (AvgIpc) is 2.50. The van der Waals surface area contributed by atoms with Gasteiger partial charge in [-0.1, -0.05) is 48.0 Å². The Morgan fingerprint density at radius 3 is 2.52 bits per heavy atom. The van der Waals surface area contributed by atoms with Gasteiger partial charge in [0, 0.05) is 12.1 Å². The number of hydrogen-bond donors (Lipinski definition) is 1. The van der Waals surface area contributed by atoms with Crippen LogP contribution in [0.2, 0.25) is 0 Å².